The molecule has 1 aromatic carbocycles. The molecular weight excluding hydrogens is 324 g/mol. The molecule has 0 aliphatic rings. The number of halogens is 1. The molecule has 22 heavy (non-hydrogen) atoms. The van der Waals surface area contributed by atoms with Gasteiger partial charge < -0.3 is 10.4 Å². The van der Waals surface area contributed by atoms with Crippen LogP contribution in [0, 0.1) is 5.92 Å². The monoisotopic (exact) mass is 338 g/mol. The molecule has 0 aliphatic carbocycles. The number of amides is 1. The minimum Gasteiger partial charge on any atom is -0.481 e. The molecule has 0 radical (unpaired) electrons. The van der Waals surface area contributed by atoms with Crippen LogP contribution in [0.2, 0.25) is 5.02 Å². The molecule has 1 aromatic heterocycles. The van der Waals surface area contributed by atoms with Crippen LogP contribution in [0.3, 0.4) is 0 Å². The molecule has 0 aliphatic heterocycles. The number of nitrogens with zero attached hydrogens (tertiary/aromatic N) is 1. The third kappa shape index (κ3) is 3.84. The van der Waals surface area contributed by atoms with Crippen molar-refractivity contribution in [1.29, 1.82) is 0 Å². The van der Waals surface area contributed by atoms with Gasteiger partial charge in [0, 0.05) is 22.0 Å². The Morgan fingerprint density at radius 3 is 2.73 bits per heavy atom. The highest BCUT2D eigenvalue weighted by molar-refractivity contribution is 7.13. The summed E-state index contributed by atoms with van der Waals surface area (Å²) in [7, 11) is 0. The minimum absolute atomic E-state index is 0.268. The number of carbonyl (C=O) groups excluding carboxylic acids is 1. The van der Waals surface area contributed by atoms with E-state index in [4.69, 9.17) is 16.7 Å². The third-order valence-electron chi connectivity index (χ3n) is 3.31. The fourth-order valence-corrected chi connectivity index (χ4v) is 2.74. The van der Waals surface area contributed by atoms with Crippen LogP contribution in [0.1, 0.15) is 24.3 Å². The lowest BCUT2D eigenvalue weighted by atomic mass is 10.0. The van der Waals surface area contributed by atoms with Crippen molar-refractivity contribution in [1.82, 2.24) is 10.3 Å². The van der Waals surface area contributed by atoms with Crippen molar-refractivity contribution in [2.24, 2.45) is 5.92 Å². The average molecular weight is 339 g/mol. The largest absolute Gasteiger partial charge is 0.481 e. The Balaban J connectivity index is 2.11. The molecule has 2 rings (SSSR count). The summed E-state index contributed by atoms with van der Waals surface area (Å²) in [4.78, 5) is 27.3. The van der Waals surface area contributed by atoms with Crippen LogP contribution in [0.15, 0.2) is 29.6 Å². The molecule has 0 fully saturated rings. The maximum atomic E-state index is 12.1. The maximum absolute atomic E-state index is 12.1. The molecular formula is C15H15ClN2O3S. The Hall–Kier alpha value is -1.92. The van der Waals surface area contributed by atoms with Crippen LogP contribution in [-0.4, -0.2) is 28.0 Å². The number of carboxylic acids is 1. The number of hydrogen-bond acceptors (Lipinski definition) is 4. The summed E-state index contributed by atoms with van der Waals surface area (Å²) >= 11 is 7.27. The molecule has 116 valence electrons. The van der Waals surface area contributed by atoms with E-state index in [-0.39, 0.29) is 11.6 Å². The average Bonchev–Trinajstić information content (AvgIpc) is 2.96. The number of aromatic nitrogens is 1. The smallest absolute Gasteiger partial charge is 0.308 e. The van der Waals surface area contributed by atoms with Crippen LogP contribution in [-0.2, 0) is 4.79 Å². The zero-order chi connectivity index (χ0) is 16.3. The van der Waals surface area contributed by atoms with Gasteiger partial charge in [0.15, 0.2) is 0 Å². The first-order valence-electron chi connectivity index (χ1n) is 6.63. The molecule has 1 amide bonds. The molecule has 2 atom stereocenters. The van der Waals surface area contributed by atoms with Crippen molar-refractivity contribution in [3.8, 4) is 10.6 Å². The van der Waals surface area contributed by atoms with Gasteiger partial charge in [-0.15, -0.1) is 11.3 Å². The van der Waals surface area contributed by atoms with E-state index < -0.39 is 17.9 Å². The number of hydrogen-bond donors (Lipinski definition) is 2. The molecule has 1 heterocycles. The van der Waals surface area contributed by atoms with E-state index in [1.807, 2.05) is 12.1 Å². The molecule has 5 nitrogen and oxygen atoms in total. The van der Waals surface area contributed by atoms with Crippen molar-refractivity contribution in [2.75, 3.05) is 0 Å². The number of thiazole rings is 1. The SMILES string of the molecule is CC(NC(=O)c1csc(-c2cccc(Cl)c2)n1)C(C)C(=O)O. The van der Waals surface area contributed by atoms with Crippen molar-refractivity contribution >= 4 is 34.8 Å². The lowest BCUT2D eigenvalue weighted by Gasteiger charge is -2.16. The second-order valence-corrected chi connectivity index (χ2v) is 6.23. The summed E-state index contributed by atoms with van der Waals surface area (Å²) in [5.74, 6) is -2.01. The van der Waals surface area contributed by atoms with Gasteiger partial charge in [-0.25, -0.2) is 4.98 Å². The quantitative estimate of drug-likeness (QED) is 0.876. The Bertz CT molecular complexity index is 702. The number of nitrogens with one attached hydrogen (secondary N) is 1. The number of carbonyl (C=O) groups is 2. The van der Waals surface area contributed by atoms with Crippen molar-refractivity contribution < 1.29 is 14.7 Å². The van der Waals surface area contributed by atoms with Gasteiger partial charge >= 0.3 is 5.97 Å². The van der Waals surface area contributed by atoms with Gasteiger partial charge in [0.25, 0.3) is 5.91 Å². The second kappa shape index (κ2) is 6.89. The van der Waals surface area contributed by atoms with Crippen LogP contribution < -0.4 is 5.32 Å². The van der Waals surface area contributed by atoms with Crippen LogP contribution in [0.25, 0.3) is 10.6 Å². The maximum Gasteiger partial charge on any atom is 0.308 e. The zero-order valence-electron chi connectivity index (χ0n) is 12.0. The van der Waals surface area contributed by atoms with Gasteiger partial charge in [-0.3, -0.25) is 9.59 Å². The van der Waals surface area contributed by atoms with Gasteiger partial charge in [-0.05, 0) is 26.0 Å². The third-order valence-corrected chi connectivity index (χ3v) is 4.43. The highest BCUT2D eigenvalue weighted by atomic mass is 35.5. The molecule has 0 bridgehead atoms. The first-order chi connectivity index (χ1) is 10.4. The number of carboxylic acid groups (broad SMARTS) is 1. The number of rotatable bonds is 5. The van der Waals surface area contributed by atoms with Crippen LogP contribution in [0.5, 0.6) is 0 Å². The van der Waals surface area contributed by atoms with Gasteiger partial charge in [0.05, 0.1) is 5.92 Å². The lowest BCUT2D eigenvalue weighted by Crippen LogP contribution is -2.40. The molecule has 2 aromatic rings. The standard InChI is InChI=1S/C15H15ClN2O3S/c1-8(15(20)21)9(2)17-13(19)12-7-22-14(18-12)10-4-3-5-11(16)6-10/h3-9H,1-2H3,(H,17,19)(H,20,21). The second-order valence-electron chi connectivity index (χ2n) is 4.94. The minimum atomic E-state index is -0.953. The number of benzene rings is 1. The lowest BCUT2D eigenvalue weighted by molar-refractivity contribution is -0.141. The highest BCUT2D eigenvalue weighted by Gasteiger charge is 2.22. The molecule has 7 heteroatoms. The fraction of sp³-hybridized carbons (Fsp3) is 0.267. The zero-order valence-corrected chi connectivity index (χ0v) is 13.6. The predicted molar refractivity (Wildman–Crippen MR) is 86.3 cm³/mol. The van der Waals surface area contributed by atoms with Gasteiger partial charge in [0.1, 0.15) is 10.7 Å². The van der Waals surface area contributed by atoms with Gasteiger partial charge in [-0.2, -0.15) is 0 Å². The Morgan fingerprint density at radius 1 is 1.36 bits per heavy atom. The van der Waals surface area contributed by atoms with Crippen molar-refractivity contribution in [3.05, 3.63) is 40.4 Å². The Morgan fingerprint density at radius 2 is 2.09 bits per heavy atom. The van der Waals surface area contributed by atoms with Crippen molar-refractivity contribution in [2.45, 2.75) is 19.9 Å². The fourth-order valence-electron chi connectivity index (χ4n) is 1.75. The first-order valence-corrected chi connectivity index (χ1v) is 7.89. The number of aliphatic carboxylic acids is 1. The van der Waals surface area contributed by atoms with Gasteiger partial charge in [0.2, 0.25) is 0 Å². The van der Waals surface area contributed by atoms with E-state index in [9.17, 15) is 9.59 Å². The van der Waals surface area contributed by atoms with Crippen LogP contribution in [0.4, 0.5) is 0 Å². The Kier molecular flexibility index (Phi) is 5.15. The molecule has 0 spiro atoms. The molecule has 0 saturated carbocycles. The van der Waals surface area contributed by atoms with E-state index >= 15 is 0 Å². The van der Waals surface area contributed by atoms with E-state index in [1.165, 1.54) is 11.3 Å². The molecule has 2 N–H and O–H groups in total. The summed E-state index contributed by atoms with van der Waals surface area (Å²) in [6, 6.07) is 6.73. The van der Waals surface area contributed by atoms with E-state index in [2.05, 4.69) is 10.3 Å². The van der Waals surface area contributed by atoms with E-state index in [1.54, 1.807) is 31.4 Å². The summed E-state index contributed by atoms with van der Waals surface area (Å²) < 4.78 is 0. The Labute approximate surface area is 137 Å². The predicted octanol–water partition coefficient (Wildman–Crippen LogP) is 3.30. The van der Waals surface area contributed by atoms with Gasteiger partial charge in [-0.1, -0.05) is 23.7 Å². The molecule has 2 unspecified atom stereocenters. The summed E-state index contributed by atoms with van der Waals surface area (Å²) in [6.07, 6.45) is 0. The normalized spacial score (nSPS) is 13.4. The molecule has 0 saturated heterocycles. The first kappa shape index (κ1) is 16.5. The highest BCUT2D eigenvalue weighted by Crippen LogP contribution is 2.26. The van der Waals surface area contributed by atoms with E-state index in [0.717, 1.165) is 5.56 Å². The summed E-state index contributed by atoms with van der Waals surface area (Å²) in [5, 5.41) is 14.5. The van der Waals surface area contributed by atoms with Crippen LogP contribution >= 0.6 is 22.9 Å². The summed E-state index contributed by atoms with van der Waals surface area (Å²) in [6.45, 7) is 3.20. The topological polar surface area (TPSA) is 79.3 Å². The van der Waals surface area contributed by atoms with Crippen molar-refractivity contribution in [3.63, 3.8) is 0 Å². The summed E-state index contributed by atoms with van der Waals surface area (Å²) in [5.41, 5.74) is 1.10. The van der Waals surface area contributed by atoms with E-state index in [0.29, 0.717) is 10.0 Å².